The van der Waals surface area contributed by atoms with Crippen LogP contribution in [0.4, 0.5) is 17.1 Å². The molecule has 0 saturated carbocycles. The lowest BCUT2D eigenvalue weighted by molar-refractivity contribution is -0.119. The summed E-state index contributed by atoms with van der Waals surface area (Å²) in [5.41, 5.74) is 2.46. The number of hydrogen-bond donors (Lipinski definition) is 2. The first kappa shape index (κ1) is 17.5. The van der Waals surface area contributed by atoms with Gasteiger partial charge in [0.15, 0.2) is 0 Å². The predicted octanol–water partition coefficient (Wildman–Crippen LogP) is 1.07. The van der Waals surface area contributed by atoms with Crippen molar-refractivity contribution >= 4 is 23.0 Å². The molecule has 4 rings (SSSR count). The van der Waals surface area contributed by atoms with Gasteiger partial charge in [-0.3, -0.25) is 9.59 Å². The summed E-state index contributed by atoms with van der Waals surface area (Å²) in [5, 5.41) is 9.19. The van der Waals surface area contributed by atoms with Gasteiger partial charge in [-0.15, -0.1) is 0 Å². The average Bonchev–Trinajstić information content (AvgIpc) is 3.20. The molecule has 1 atom stereocenters. The molecular formula is C19H23N5O3. The Balaban J connectivity index is 1.34. The summed E-state index contributed by atoms with van der Waals surface area (Å²) in [7, 11) is 0. The lowest BCUT2D eigenvalue weighted by atomic mass is 10.1. The number of amides is 1. The molecule has 142 valence electrons. The van der Waals surface area contributed by atoms with Crippen molar-refractivity contribution in [3.8, 4) is 0 Å². The Hall–Kier alpha value is -2.87. The first-order chi connectivity index (χ1) is 13.2. The fraction of sp³-hybridized carbons (Fsp3) is 0.421. The monoisotopic (exact) mass is 369 g/mol. The minimum absolute atomic E-state index is 0.00872. The molecule has 2 fully saturated rings. The highest BCUT2D eigenvalue weighted by Crippen LogP contribution is 2.24. The third kappa shape index (κ3) is 4.11. The molecule has 1 aromatic heterocycles. The minimum Gasteiger partial charge on any atom is -0.378 e. The smallest absolute Gasteiger partial charge is 0.266 e. The number of ether oxygens (including phenoxy) is 1. The number of hydrogen-bond acceptors (Lipinski definition) is 6. The lowest BCUT2D eigenvalue weighted by Crippen LogP contribution is -2.36. The number of aromatic nitrogens is 2. The molecule has 1 amide bonds. The summed E-state index contributed by atoms with van der Waals surface area (Å²) >= 11 is 0. The molecular weight excluding hydrogens is 346 g/mol. The molecule has 1 aromatic carbocycles. The van der Waals surface area contributed by atoms with Crippen molar-refractivity contribution < 1.29 is 9.53 Å². The number of rotatable bonds is 4. The van der Waals surface area contributed by atoms with Gasteiger partial charge in [0.25, 0.3) is 5.56 Å². The number of aromatic amines is 1. The Morgan fingerprint density at radius 1 is 1.11 bits per heavy atom. The molecule has 0 bridgehead atoms. The third-order valence-electron chi connectivity index (χ3n) is 5.09. The summed E-state index contributed by atoms with van der Waals surface area (Å²) in [6, 6.07) is 9.46. The van der Waals surface area contributed by atoms with E-state index in [4.69, 9.17) is 4.74 Å². The summed E-state index contributed by atoms with van der Waals surface area (Å²) in [5.74, 6) is -0.0994. The molecule has 2 saturated heterocycles. The van der Waals surface area contributed by atoms with Crippen molar-refractivity contribution in [2.24, 2.45) is 5.92 Å². The highest BCUT2D eigenvalue weighted by atomic mass is 16.5. The molecule has 2 aliphatic heterocycles. The van der Waals surface area contributed by atoms with E-state index in [2.05, 4.69) is 20.4 Å². The minimum atomic E-state index is -0.235. The van der Waals surface area contributed by atoms with Gasteiger partial charge < -0.3 is 19.9 Å². The van der Waals surface area contributed by atoms with Crippen LogP contribution in [0.25, 0.3) is 0 Å². The van der Waals surface area contributed by atoms with Gasteiger partial charge in [-0.25, -0.2) is 5.10 Å². The van der Waals surface area contributed by atoms with Gasteiger partial charge in [-0.1, -0.05) is 0 Å². The van der Waals surface area contributed by atoms with Gasteiger partial charge in [0.05, 0.1) is 31.0 Å². The molecule has 8 nitrogen and oxygen atoms in total. The SMILES string of the molecule is O=C(Nc1ccc(N2CCOCC2)cc1)[C@H]1CCN(c2cn[nH]c(=O)c2)C1. The number of carbonyl (C=O) groups is 1. The van der Waals surface area contributed by atoms with Gasteiger partial charge in [-0.2, -0.15) is 5.10 Å². The van der Waals surface area contributed by atoms with Crippen molar-refractivity contribution in [2.75, 3.05) is 54.5 Å². The Morgan fingerprint density at radius 3 is 2.63 bits per heavy atom. The zero-order valence-electron chi connectivity index (χ0n) is 15.1. The summed E-state index contributed by atoms with van der Waals surface area (Å²) in [6.45, 7) is 4.60. The Kier molecular flexibility index (Phi) is 5.06. The number of nitrogens with one attached hydrogen (secondary N) is 2. The van der Waals surface area contributed by atoms with E-state index < -0.39 is 0 Å². The third-order valence-corrected chi connectivity index (χ3v) is 5.09. The highest BCUT2D eigenvalue weighted by Gasteiger charge is 2.28. The Bertz CT molecular complexity index is 845. The molecule has 0 unspecified atom stereocenters. The van der Waals surface area contributed by atoms with Crippen LogP contribution in [0.2, 0.25) is 0 Å². The van der Waals surface area contributed by atoms with Gasteiger partial charge in [-0.05, 0) is 30.7 Å². The van der Waals surface area contributed by atoms with Crippen molar-refractivity contribution in [2.45, 2.75) is 6.42 Å². The van der Waals surface area contributed by atoms with E-state index in [9.17, 15) is 9.59 Å². The van der Waals surface area contributed by atoms with Crippen LogP contribution in [0.1, 0.15) is 6.42 Å². The molecule has 8 heteroatoms. The molecule has 2 aliphatic rings. The average molecular weight is 369 g/mol. The fourth-order valence-corrected chi connectivity index (χ4v) is 3.57. The largest absolute Gasteiger partial charge is 0.378 e. The number of morpholine rings is 1. The molecule has 27 heavy (non-hydrogen) atoms. The van der Waals surface area contributed by atoms with E-state index in [0.29, 0.717) is 6.54 Å². The lowest BCUT2D eigenvalue weighted by Gasteiger charge is -2.29. The van der Waals surface area contributed by atoms with Gasteiger partial charge >= 0.3 is 0 Å². The van der Waals surface area contributed by atoms with E-state index in [-0.39, 0.29) is 17.4 Å². The number of benzene rings is 1. The molecule has 0 aliphatic carbocycles. The van der Waals surface area contributed by atoms with Crippen LogP contribution >= 0.6 is 0 Å². The molecule has 0 radical (unpaired) electrons. The quantitative estimate of drug-likeness (QED) is 0.838. The second-order valence-electron chi connectivity index (χ2n) is 6.87. The van der Waals surface area contributed by atoms with Crippen LogP contribution in [-0.4, -0.2) is 55.5 Å². The van der Waals surface area contributed by atoms with Crippen molar-refractivity contribution in [3.63, 3.8) is 0 Å². The topological polar surface area (TPSA) is 90.6 Å². The maximum absolute atomic E-state index is 12.6. The van der Waals surface area contributed by atoms with E-state index in [0.717, 1.165) is 56.3 Å². The summed E-state index contributed by atoms with van der Waals surface area (Å²) < 4.78 is 5.38. The van der Waals surface area contributed by atoms with Crippen LogP contribution < -0.4 is 20.7 Å². The van der Waals surface area contributed by atoms with Crippen LogP contribution in [0, 0.1) is 5.92 Å². The first-order valence-electron chi connectivity index (χ1n) is 9.22. The zero-order valence-corrected chi connectivity index (χ0v) is 15.1. The van der Waals surface area contributed by atoms with Crippen LogP contribution in [0.3, 0.4) is 0 Å². The zero-order chi connectivity index (χ0) is 18.6. The van der Waals surface area contributed by atoms with E-state index in [1.165, 1.54) is 6.07 Å². The standard InChI is InChI=1S/C19H23N5O3/c25-18-11-17(12-20-22-18)24-6-5-14(13-24)19(26)21-15-1-3-16(4-2-15)23-7-9-27-10-8-23/h1-4,11-12,14H,5-10,13H2,(H,21,26)(H,22,25)/t14-/m0/s1. The maximum Gasteiger partial charge on any atom is 0.266 e. The number of nitrogens with zero attached hydrogens (tertiary/aromatic N) is 3. The van der Waals surface area contributed by atoms with Crippen LogP contribution in [0.5, 0.6) is 0 Å². The van der Waals surface area contributed by atoms with Crippen LogP contribution in [-0.2, 0) is 9.53 Å². The van der Waals surface area contributed by atoms with Crippen molar-refractivity contribution in [3.05, 3.63) is 46.9 Å². The number of carbonyl (C=O) groups excluding carboxylic acids is 1. The van der Waals surface area contributed by atoms with Crippen molar-refractivity contribution in [1.82, 2.24) is 10.2 Å². The highest BCUT2D eigenvalue weighted by molar-refractivity contribution is 5.93. The van der Waals surface area contributed by atoms with Gasteiger partial charge in [0.1, 0.15) is 0 Å². The molecule has 3 heterocycles. The first-order valence-corrected chi connectivity index (χ1v) is 9.22. The van der Waals surface area contributed by atoms with E-state index >= 15 is 0 Å². The summed E-state index contributed by atoms with van der Waals surface area (Å²) in [4.78, 5) is 28.3. The molecule has 0 spiro atoms. The van der Waals surface area contributed by atoms with Crippen molar-refractivity contribution in [1.29, 1.82) is 0 Å². The fourth-order valence-electron chi connectivity index (χ4n) is 3.57. The second kappa shape index (κ2) is 7.79. The Labute approximate surface area is 157 Å². The summed E-state index contributed by atoms with van der Waals surface area (Å²) in [6.07, 6.45) is 2.37. The normalized spacial score (nSPS) is 19.9. The van der Waals surface area contributed by atoms with E-state index in [1.54, 1.807) is 6.20 Å². The maximum atomic E-state index is 12.6. The molecule has 2 aromatic rings. The van der Waals surface area contributed by atoms with Crippen LogP contribution in [0.15, 0.2) is 41.3 Å². The van der Waals surface area contributed by atoms with Gasteiger partial charge in [0, 0.05) is 43.6 Å². The second-order valence-corrected chi connectivity index (χ2v) is 6.87. The van der Waals surface area contributed by atoms with Gasteiger partial charge in [0.2, 0.25) is 5.91 Å². The van der Waals surface area contributed by atoms with E-state index in [1.807, 2.05) is 29.2 Å². The number of anilines is 3. The number of H-pyrrole nitrogens is 1. The predicted molar refractivity (Wildman–Crippen MR) is 103 cm³/mol. The molecule has 2 N–H and O–H groups in total. The Morgan fingerprint density at radius 2 is 1.89 bits per heavy atom.